The third kappa shape index (κ3) is 8.79. The van der Waals surface area contributed by atoms with E-state index in [4.69, 9.17) is 9.47 Å². The van der Waals surface area contributed by atoms with Gasteiger partial charge >= 0.3 is 0 Å². The summed E-state index contributed by atoms with van der Waals surface area (Å²) in [5.74, 6) is 0.831. The number of hydrogen-bond acceptors (Lipinski definition) is 5. The molecule has 2 amide bonds. The van der Waals surface area contributed by atoms with Gasteiger partial charge in [-0.05, 0) is 62.4 Å². The molecule has 0 bridgehead atoms. The summed E-state index contributed by atoms with van der Waals surface area (Å²) in [6.45, 7) is 9.62. The van der Waals surface area contributed by atoms with Gasteiger partial charge in [0.1, 0.15) is 17.5 Å². The monoisotopic (exact) mass is 439 g/mol. The molecule has 0 aromatic heterocycles. The van der Waals surface area contributed by atoms with Crippen LogP contribution in [0.15, 0.2) is 53.6 Å². The molecule has 1 atom stereocenters. The van der Waals surface area contributed by atoms with E-state index in [0.29, 0.717) is 12.2 Å². The van der Waals surface area contributed by atoms with E-state index in [2.05, 4.69) is 15.8 Å². The maximum absolute atomic E-state index is 12.6. The Morgan fingerprint density at radius 2 is 1.81 bits per heavy atom. The average molecular weight is 440 g/mol. The molecule has 0 spiro atoms. The summed E-state index contributed by atoms with van der Waals surface area (Å²) in [6, 6.07) is 14.2. The van der Waals surface area contributed by atoms with Gasteiger partial charge in [-0.25, -0.2) is 5.43 Å². The van der Waals surface area contributed by atoms with Gasteiger partial charge in [-0.3, -0.25) is 9.59 Å². The molecule has 2 N–H and O–H groups in total. The third-order valence-corrected chi connectivity index (χ3v) is 4.43. The number of aryl methyl sites for hydroxylation is 1. The molecule has 0 aliphatic heterocycles. The summed E-state index contributed by atoms with van der Waals surface area (Å²) in [6.07, 6.45) is 2.09. The van der Waals surface area contributed by atoms with E-state index in [-0.39, 0.29) is 30.4 Å². The van der Waals surface area contributed by atoms with Gasteiger partial charge in [0.2, 0.25) is 0 Å². The van der Waals surface area contributed by atoms with Crippen molar-refractivity contribution in [1.29, 1.82) is 0 Å². The SMILES string of the molecule is Cc1ccccc1OCC(=O)N[C@@H](CC(C)C)C(=O)N/N=C\c1cccc(OC(C)C)c1. The van der Waals surface area contributed by atoms with Crippen molar-refractivity contribution in [3.05, 3.63) is 59.7 Å². The second-order valence-corrected chi connectivity index (χ2v) is 8.28. The fraction of sp³-hybridized carbons (Fsp3) is 0.400. The summed E-state index contributed by atoms with van der Waals surface area (Å²) in [7, 11) is 0. The number of amides is 2. The Morgan fingerprint density at radius 3 is 2.50 bits per heavy atom. The van der Waals surface area contributed by atoms with Gasteiger partial charge in [-0.1, -0.05) is 44.2 Å². The van der Waals surface area contributed by atoms with Crippen molar-refractivity contribution in [2.75, 3.05) is 6.61 Å². The highest BCUT2D eigenvalue weighted by Gasteiger charge is 2.22. The largest absolute Gasteiger partial charge is 0.491 e. The number of para-hydroxylation sites is 1. The molecule has 2 rings (SSSR count). The highest BCUT2D eigenvalue weighted by molar-refractivity contribution is 5.89. The fourth-order valence-electron chi connectivity index (χ4n) is 2.99. The van der Waals surface area contributed by atoms with E-state index < -0.39 is 6.04 Å². The van der Waals surface area contributed by atoms with E-state index in [0.717, 1.165) is 16.9 Å². The molecule has 2 aromatic rings. The minimum Gasteiger partial charge on any atom is -0.491 e. The zero-order valence-electron chi connectivity index (χ0n) is 19.4. The van der Waals surface area contributed by atoms with E-state index in [1.54, 1.807) is 12.3 Å². The van der Waals surface area contributed by atoms with Crippen molar-refractivity contribution in [3.8, 4) is 11.5 Å². The van der Waals surface area contributed by atoms with Crippen molar-refractivity contribution in [3.63, 3.8) is 0 Å². The van der Waals surface area contributed by atoms with Crippen molar-refractivity contribution in [1.82, 2.24) is 10.7 Å². The molecule has 0 aliphatic rings. The summed E-state index contributed by atoms with van der Waals surface area (Å²) >= 11 is 0. The predicted octanol–water partition coefficient (Wildman–Crippen LogP) is 3.84. The Kier molecular flexibility index (Phi) is 9.73. The van der Waals surface area contributed by atoms with Crippen molar-refractivity contribution in [2.45, 2.75) is 53.2 Å². The van der Waals surface area contributed by atoms with E-state index >= 15 is 0 Å². The van der Waals surface area contributed by atoms with Crippen LogP contribution in [-0.2, 0) is 9.59 Å². The number of rotatable bonds is 11. The average Bonchev–Trinajstić information content (AvgIpc) is 2.72. The van der Waals surface area contributed by atoms with Gasteiger partial charge in [0.05, 0.1) is 12.3 Å². The zero-order chi connectivity index (χ0) is 23.5. The lowest BCUT2D eigenvalue weighted by molar-refractivity contribution is -0.130. The molecular formula is C25H33N3O4. The molecule has 0 aliphatic carbocycles. The van der Waals surface area contributed by atoms with Gasteiger partial charge in [0.25, 0.3) is 11.8 Å². The van der Waals surface area contributed by atoms with E-state index in [1.807, 2.05) is 77.1 Å². The Labute approximate surface area is 190 Å². The van der Waals surface area contributed by atoms with Crippen LogP contribution in [0.25, 0.3) is 0 Å². The Hall–Kier alpha value is -3.35. The van der Waals surface area contributed by atoms with Crippen LogP contribution < -0.4 is 20.2 Å². The molecular weight excluding hydrogens is 406 g/mol. The minimum atomic E-state index is -0.712. The molecule has 0 radical (unpaired) electrons. The molecule has 0 saturated carbocycles. The van der Waals surface area contributed by atoms with Crippen LogP contribution in [0.1, 0.15) is 45.2 Å². The van der Waals surface area contributed by atoms with Crippen molar-refractivity contribution in [2.24, 2.45) is 11.0 Å². The van der Waals surface area contributed by atoms with Crippen LogP contribution in [0.3, 0.4) is 0 Å². The Morgan fingerprint density at radius 1 is 1.06 bits per heavy atom. The predicted molar refractivity (Wildman–Crippen MR) is 126 cm³/mol. The second-order valence-electron chi connectivity index (χ2n) is 8.28. The topological polar surface area (TPSA) is 89.0 Å². The molecule has 7 nitrogen and oxygen atoms in total. The number of hydrazone groups is 1. The van der Waals surface area contributed by atoms with E-state index in [9.17, 15) is 9.59 Å². The maximum Gasteiger partial charge on any atom is 0.262 e. The standard InChI is InChI=1S/C25H33N3O4/c1-17(2)13-22(27-24(29)16-31-23-12-7-6-9-19(23)5)25(30)28-26-15-20-10-8-11-21(14-20)32-18(3)4/h6-12,14-15,17-18,22H,13,16H2,1-5H3,(H,27,29)(H,28,30)/b26-15-/t22-/m0/s1. The first-order valence-corrected chi connectivity index (χ1v) is 10.8. The zero-order valence-corrected chi connectivity index (χ0v) is 19.4. The summed E-state index contributed by atoms with van der Waals surface area (Å²) in [4.78, 5) is 25.0. The Bertz CT molecular complexity index is 925. The molecule has 0 heterocycles. The first-order valence-electron chi connectivity index (χ1n) is 10.8. The second kappa shape index (κ2) is 12.5. The van der Waals surface area contributed by atoms with Crippen LogP contribution in [0.5, 0.6) is 11.5 Å². The number of benzene rings is 2. The summed E-state index contributed by atoms with van der Waals surface area (Å²) < 4.78 is 11.2. The van der Waals surface area contributed by atoms with Crippen LogP contribution >= 0.6 is 0 Å². The molecule has 0 unspecified atom stereocenters. The summed E-state index contributed by atoms with van der Waals surface area (Å²) in [5.41, 5.74) is 4.25. The van der Waals surface area contributed by atoms with Crippen LogP contribution in [0.4, 0.5) is 0 Å². The summed E-state index contributed by atoms with van der Waals surface area (Å²) in [5, 5.41) is 6.79. The lowest BCUT2D eigenvalue weighted by atomic mass is 10.0. The molecule has 32 heavy (non-hydrogen) atoms. The number of ether oxygens (including phenoxy) is 2. The molecule has 2 aromatic carbocycles. The number of nitrogens with one attached hydrogen (secondary N) is 2. The number of carbonyl (C=O) groups is 2. The number of nitrogens with zero attached hydrogens (tertiary/aromatic N) is 1. The number of carbonyl (C=O) groups excluding carboxylic acids is 2. The van der Waals surface area contributed by atoms with Crippen LogP contribution in [0.2, 0.25) is 0 Å². The van der Waals surface area contributed by atoms with E-state index in [1.165, 1.54) is 0 Å². The third-order valence-electron chi connectivity index (χ3n) is 4.43. The fourth-order valence-corrected chi connectivity index (χ4v) is 2.99. The number of hydrogen-bond donors (Lipinski definition) is 2. The normalized spacial score (nSPS) is 12.1. The molecule has 0 fully saturated rings. The molecule has 172 valence electrons. The highest BCUT2D eigenvalue weighted by atomic mass is 16.5. The maximum atomic E-state index is 12.6. The van der Waals surface area contributed by atoms with Crippen LogP contribution in [0, 0.1) is 12.8 Å². The lowest BCUT2D eigenvalue weighted by Crippen LogP contribution is -2.47. The Balaban J connectivity index is 1.93. The molecule has 0 saturated heterocycles. The van der Waals surface area contributed by atoms with Gasteiger partial charge < -0.3 is 14.8 Å². The van der Waals surface area contributed by atoms with Gasteiger partial charge in [-0.15, -0.1) is 0 Å². The lowest BCUT2D eigenvalue weighted by Gasteiger charge is -2.19. The van der Waals surface area contributed by atoms with Crippen molar-refractivity contribution < 1.29 is 19.1 Å². The first kappa shape index (κ1) is 24.9. The van der Waals surface area contributed by atoms with Gasteiger partial charge in [0, 0.05) is 0 Å². The first-order chi connectivity index (χ1) is 15.2. The van der Waals surface area contributed by atoms with Crippen molar-refractivity contribution >= 4 is 18.0 Å². The van der Waals surface area contributed by atoms with Gasteiger partial charge in [0.15, 0.2) is 6.61 Å². The molecule has 7 heteroatoms. The quantitative estimate of drug-likeness (QED) is 0.411. The highest BCUT2D eigenvalue weighted by Crippen LogP contribution is 2.16. The van der Waals surface area contributed by atoms with Gasteiger partial charge in [-0.2, -0.15) is 5.10 Å². The van der Waals surface area contributed by atoms with Crippen LogP contribution in [-0.4, -0.2) is 36.8 Å². The smallest absolute Gasteiger partial charge is 0.262 e. The minimum absolute atomic E-state index is 0.0667.